The van der Waals surface area contributed by atoms with E-state index in [0.29, 0.717) is 19.0 Å². The van der Waals surface area contributed by atoms with Crippen LogP contribution < -0.4 is 0 Å². The van der Waals surface area contributed by atoms with E-state index in [4.69, 9.17) is 0 Å². The normalized spacial score (nSPS) is 26.8. The number of amides is 1. The van der Waals surface area contributed by atoms with Gasteiger partial charge in [0.25, 0.3) is 5.91 Å². The summed E-state index contributed by atoms with van der Waals surface area (Å²) in [6.45, 7) is 4.23. The van der Waals surface area contributed by atoms with Gasteiger partial charge >= 0.3 is 6.43 Å². The zero-order valence-electron chi connectivity index (χ0n) is 10.1. The molecular formula is C12H20F2N2O. The van der Waals surface area contributed by atoms with Crippen molar-refractivity contribution in [1.82, 2.24) is 9.80 Å². The standard InChI is InChI=1S/C12H20F2N2O/c13-11(14)12(17)16-7-3-4-10(9-16)8-15-5-1-2-6-15/h10-11H,1-9H2/t10-/m1/s1. The maximum atomic E-state index is 12.3. The molecule has 0 aromatic carbocycles. The first kappa shape index (κ1) is 12.7. The summed E-state index contributed by atoms with van der Waals surface area (Å²) < 4.78 is 24.7. The molecular weight excluding hydrogens is 226 g/mol. The highest BCUT2D eigenvalue weighted by Crippen LogP contribution is 2.20. The van der Waals surface area contributed by atoms with E-state index in [1.807, 2.05) is 0 Å². The minimum atomic E-state index is -2.85. The Labute approximate surface area is 101 Å². The first-order valence-electron chi connectivity index (χ1n) is 6.46. The van der Waals surface area contributed by atoms with Crippen LogP contribution in [-0.4, -0.2) is 54.9 Å². The second kappa shape index (κ2) is 5.76. The Morgan fingerprint density at radius 1 is 1.18 bits per heavy atom. The molecule has 0 bridgehead atoms. The number of alkyl halides is 2. The predicted octanol–water partition coefficient (Wildman–Crippen LogP) is 1.59. The number of carbonyl (C=O) groups is 1. The first-order valence-corrected chi connectivity index (χ1v) is 6.46. The molecule has 2 rings (SSSR count). The van der Waals surface area contributed by atoms with Crippen LogP contribution in [0.4, 0.5) is 8.78 Å². The summed E-state index contributed by atoms with van der Waals surface area (Å²) in [6.07, 6.45) is 1.56. The molecule has 0 spiro atoms. The molecule has 0 unspecified atom stereocenters. The Morgan fingerprint density at radius 3 is 2.53 bits per heavy atom. The minimum absolute atomic E-state index is 0.379. The number of halogens is 2. The number of hydrogen-bond donors (Lipinski definition) is 0. The molecule has 2 aliphatic heterocycles. The van der Waals surface area contributed by atoms with Crippen molar-refractivity contribution in [2.75, 3.05) is 32.7 Å². The molecule has 3 nitrogen and oxygen atoms in total. The van der Waals surface area contributed by atoms with Crippen molar-refractivity contribution in [3.63, 3.8) is 0 Å². The highest BCUT2D eigenvalue weighted by atomic mass is 19.3. The van der Waals surface area contributed by atoms with Crippen molar-refractivity contribution >= 4 is 5.91 Å². The van der Waals surface area contributed by atoms with E-state index in [1.54, 1.807) is 0 Å². The fraction of sp³-hybridized carbons (Fsp3) is 0.917. The molecule has 0 N–H and O–H groups in total. The number of piperidine rings is 1. The van der Waals surface area contributed by atoms with Gasteiger partial charge in [0.05, 0.1) is 0 Å². The van der Waals surface area contributed by atoms with Crippen LogP contribution in [0.5, 0.6) is 0 Å². The van der Waals surface area contributed by atoms with Gasteiger partial charge in [0.1, 0.15) is 0 Å². The first-order chi connectivity index (χ1) is 8.16. The molecule has 0 aromatic rings. The molecule has 1 atom stereocenters. The molecule has 98 valence electrons. The summed E-state index contributed by atoms with van der Waals surface area (Å²) >= 11 is 0. The average molecular weight is 246 g/mol. The second-order valence-corrected chi connectivity index (χ2v) is 5.10. The average Bonchev–Trinajstić information content (AvgIpc) is 2.81. The molecule has 2 heterocycles. The van der Waals surface area contributed by atoms with Gasteiger partial charge in [-0.15, -0.1) is 0 Å². The molecule has 0 saturated carbocycles. The predicted molar refractivity (Wildman–Crippen MR) is 61.0 cm³/mol. The van der Waals surface area contributed by atoms with E-state index in [2.05, 4.69) is 4.90 Å². The van der Waals surface area contributed by atoms with Crippen LogP contribution >= 0.6 is 0 Å². The van der Waals surface area contributed by atoms with Gasteiger partial charge in [0.2, 0.25) is 0 Å². The van der Waals surface area contributed by atoms with E-state index < -0.39 is 12.3 Å². The number of likely N-dealkylation sites (tertiary alicyclic amines) is 2. The van der Waals surface area contributed by atoms with Crippen LogP contribution in [0.25, 0.3) is 0 Å². The van der Waals surface area contributed by atoms with Crippen molar-refractivity contribution in [1.29, 1.82) is 0 Å². The topological polar surface area (TPSA) is 23.6 Å². The van der Waals surface area contributed by atoms with Crippen LogP contribution in [0, 0.1) is 5.92 Å². The fourth-order valence-corrected chi connectivity index (χ4v) is 2.88. The molecule has 1 amide bonds. The van der Waals surface area contributed by atoms with Crippen molar-refractivity contribution in [3.8, 4) is 0 Å². The quantitative estimate of drug-likeness (QED) is 0.755. The second-order valence-electron chi connectivity index (χ2n) is 5.10. The lowest BCUT2D eigenvalue weighted by molar-refractivity contribution is -0.144. The Hall–Kier alpha value is -0.710. The van der Waals surface area contributed by atoms with Crippen molar-refractivity contribution in [2.45, 2.75) is 32.1 Å². The maximum Gasteiger partial charge on any atom is 0.315 e. The summed E-state index contributed by atoms with van der Waals surface area (Å²) in [5, 5.41) is 0. The summed E-state index contributed by atoms with van der Waals surface area (Å²) in [5.74, 6) is -0.610. The third kappa shape index (κ3) is 3.37. The maximum absolute atomic E-state index is 12.3. The monoisotopic (exact) mass is 246 g/mol. The van der Waals surface area contributed by atoms with E-state index >= 15 is 0 Å². The molecule has 2 saturated heterocycles. The highest BCUT2D eigenvalue weighted by Gasteiger charge is 2.29. The third-order valence-corrected chi connectivity index (χ3v) is 3.73. The lowest BCUT2D eigenvalue weighted by Gasteiger charge is -2.34. The molecule has 0 aliphatic carbocycles. The van der Waals surface area contributed by atoms with Gasteiger partial charge in [0, 0.05) is 19.6 Å². The van der Waals surface area contributed by atoms with Crippen molar-refractivity contribution in [2.24, 2.45) is 5.92 Å². The molecule has 2 fully saturated rings. The van der Waals surface area contributed by atoms with Gasteiger partial charge in [-0.25, -0.2) is 0 Å². The fourth-order valence-electron chi connectivity index (χ4n) is 2.88. The van der Waals surface area contributed by atoms with E-state index in [1.165, 1.54) is 17.7 Å². The van der Waals surface area contributed by atoms with Crippen LogP contribution in [-0.2, 0) is 4.79 Å². The number of hydrogen-bond acceptors (Lipinski definition) is 2. The Kier molecular flexibility index (Phi) is 4.31. The number of carbonyl (C=O) groups excluding carboxylic acids is 1. The number of rotatable bonds is 3. The van der Waals surface area contributed by atoms with Crippen LogP contribution in [0.2, 0.25) is 0 Å². The Balaban J connectivity index is 1.81. The van der Waals surface area contributed by atoms with Gasteiger partial charge in [-0.2, -0.15) is 8.78 Å². The highest BCUT2D eigenvalue weighted by molar-refractivity contribution is 5.79. The summed E-state index contributed by atoms with van der Waals surface area (Å²) in [5.41, 5.74) is 0. The van der Waals surface area contributed by atoms with Crippen LogP contribution in [0.1, 0.15) is 25.7 Å². The largest absolute Gasteiger partial charge is 0.337 e. The summed E-state index contributed by atoms with van der Waals surface area (Å²) in [4.78, 5) is 15.0. The Bertz CT molecular complexity index is 267. The minimum Gasteiger partial charge on any atom is -0.337 e. The molecule has 2 aliphatic rings. The SMILES string of the molecule is O=C(C(F)F)N1CCC[C@H](CN2CCCC2)C1. The van der Waals surface area contributed by atoms with Crippen molar-refractivity contribution in [3.05, 3.63) is 0 Å². The summed E-state index contributed by atoms with van der Waals surface area (Å²) in [6, 6.07) is 0. The van der Waals surface area contributed by atoms with Gasteiger partial charge in [-0.3, -0.25) is 4.79 Å². The van der Waals surface area contributed by atoms with E-state index in [-0.39, 0.29) is 0 Å². The van der Waals surface area contributed by atoms with Gasteiger partial charge in [-0.05, 0) is 44.7 Å². The molecule has 5 heteroatoms. The van der Waals surface area contributed by atoms with E-state index in [0.717, 1.165) is 32.5 Å². The van der Waals surface area contributed by atoms with Gasteiger partial charge in [-0.1, -0.05) is 0 Å². The lowest BCUT2D eigenvalue weighted by Crippen LogP contribution is -2.45. The Morgan fingerprint density at radius 2 is 1.88 bits per heavy atom. The van der Waals surface area contributed by atoms with Crippen molar-refractivity contribution < 1.29 is 13.6 Å². The van der Waals surface area contributed by atoms with Crippen LogP contribution in [0.15, 0.2) is 0 Å². The summed E-state index contributed by atoms with van der Waals surface area (Å²) in [7, 11) is 0. The third-order valence-electron chi connectivity index (χ3n) is 3.73. The van der Waals surface area contributed by atoms with Crippen LogP contribution in [0.3, 0.4) is 0 Å². The zero-order chi connectivity index (χ0) is 12.3. The molecule has 0 aromatic heterocycles. The smallest absolute Gasteiger partial charge is 0.315 e. The lowest BCUT2D eigenvalue weighted by atomic mass is 9.97. The van der Waals surface area contributed by atoms with E-state index in [9.17, 15) is 13.6 Å². The zero-order valence-corrected chi connectivity index (χ0v) is 10.1. The molecule has 0 radical (unpaired) electrons. The molecule has 17 heavy (non-hydrogen) atoms. The van der Waals surface area contributed by atoms with Gasteiger partial charge < -0.3 is 9.80 Å². The number of nitrogens with zero attached hydrogens (tertiary/aromatic N) is 2. The van der Waals surface area contributed by atoms with Gasteiger partial charge in [0.15, 0.2) is 0 Å².